The molecule has 0 saturated heterocycles. The molecule has 0 aromatic heterocycles. The van der Waals surface area contributed by atoms with Crippen LogP contribution in [0.1, 0.15) is 27.7 Å². The van der Waals surface area contributed by atoms with E-state index < -0.39 is 6.04 Å². The molecule has 3 nitrogen and oxygen atoms in total. The van der Waals surface area contributed by atoms with Crippen molar-refractivity contribution >= 4 is 12.2 Å². The van der Waals surface area contributed by atoms with Crippen LogP contribution >= 0.6 is 0 Å². The molecular formula is C9H17NO2. The second-order valence-electron chi connectivity index (χ2n) is 3.84. The Labute approximate surface area is 73.8 Å². The monoisotopic (exact) mass is 171 g/mol. The molecule has 0 spiro atoms. The molecule has 0 heterocycles. The minimum atomic E-state index is -0.394. The summed E-state index contributed by atoms with van der Waals surface area (Å²) in [5, 5.41) is 0. The van der Waals surface area contributed by atoms with Crippen molar-refractivity contribution in [2.45, 2.75) is 33.7 Å². The Bertz CT molecular complexity index is 179. The first-order valence-corrected chi connectivity index (χ1v) is 3.99. The zero-order valence-electron chi connectivity index (χ0n) is 8.42. The standard InChI is InChI=1S/C9H17NO2/c1-7(8(11)12-5)10-6-9(2,3)4/h6-7H,1-5H3. The molecule has 0 aliphatic heterocycles. The number of carbonyl (C=O) groups is 1. The van der Waals surface area contributed by atoms with E-state index in [1.54, 1.807) is 13.1 Å². The largest absolute Gasteiger partial charge is 0.467 e. The fraction of sp³-hybridized carbons (Fsp3) is 0.778. The van der Waals surface area contributed by atoms with Crippen molar-refractivity contribution in [3.63, 3.8) is 0 Å². The van der Waals surface area contributed by atoms with Gasteiger partial charge < -0.3 is 4.74 Å². The van der Waals surface area contributed by atoms with Gasteiger partial charge in [0.05, 0.1) is 7.11 Å². The second kappa shape index (κ2) is 4.24. The molecule has 0 N–H and O–H groups in total. The summed E-state index contributed by atoms with van der Waals surface area (Å²) in [6, 6.07) is -0.394. The van der Waals surface area contributed by atoms with Crippen LogP contribution in [0.2, 0.25) is 0 Å². The summed E-state index contributed by atoms with van der Waals surface area (Å²) < 4.78 is 4.52. The van der Waals surface area contributed by atoms with E-state index in [-0.39, 0.29) is 11.4 Å². The highest BCUT2D eigenvalue weighted by atomic mass is 16.5. The summed E-state index contributed by atoms with van der Waals surface area (Å²) in [4.78, 5) is 15.0. The highest BCUT2D eigenvalue weighted by molar-refractivity contribution is 5.78. The van der Waals surface area contributed by atoms with Crippen LogP contribution in [0.5, 0.6) is 0 Å². The maximum atomic E-state index is 10.9. The molecule has 0 saturated carbocycles. The molecule has 3 heteroatoms. The first kappa shape index (κ1) is 11.1. The van der Waals surface area contributed by atoms with E-state index in [9.17, 15) is 4.79 Å². The van der Waals surface area contributed by atoms with E-state index in [0.29, 0.717) is 0 Å². The Morgan fingerprint density at radius 1 is 1.50 bits per heavy atom. The predicted molar refractivity (Wildman–Crippen MR) is 49.4 cm³/mol. The minimum Gasteiger partial charge on any atom is -0.467 e. The highest BCUT2D eigenvalue weighted by Gasteiger charge is 2.12. The van der Waals surface area contributed by atoms with Gasteiger partial charge in [-0.1, -0.05) is 20.8 Å². The minimum absolute atomic E-state index is 0.0162. The van der Waals surface area contributed by atoms with Gasteiger partial charge in [-0.25, -0.2) is 4.79 Å². The first-order chi connectivity index (χ1) is 5.37. The normalized spacial score (nSPS) is 14.8. The van der Waals surface area contributed by atoms with Gasteiger partial charge in [0.1, 0.15) is 6.04 Å². The number of hydrogen-bond donors (Lipinski definition) is 0. The fourth-order valence-corrected chi connectivity index (χ4v) is 0.567. The van der Waals surface area contributed by atoms with Gasteiger partial charge in [0.2, 0.25) is 0 Å². The molecule has 0 fully saturated rings. The van der Waals surface area contributed by atoms with Gasteiger partial charge in [-0.05, 0) is 12.3 Å². The molecule has 0 rings (SSSR count). The third kappa shape index (κ3) is 4.88. The van der Waals surface area contributed by atoms with E-state index in [4.69, 9.17) is 0 Å². The molecule has 0 amide bonds. The molecule has 1 unspecified atom stereocenters. The van der Waals surface area contributed by atoms with Crippen LogP contribution in [-0.4, -0.2) is 25.3 Å². The zero-order valence-corrected chi connectivity index (χ0v) is 8.42. The third-order valence-electron chi connectivity index (χ3n) is 1.23. The Hall–Kier alpha value is -0.860. The van der Waals surface area contributed by atoms with Gasteiger partial charge in [-0.15, -0.1) is 0 Å². The third-order valence-corrected chi connectivity index (χ3v) is 1.23. The summed E-state index contributed by atoms with van der Waals surface area (Å²) in [5.74, 6) is -0.296. The maximum absolute atomic E-state index is 10.9. The molecule has 0 radical (unpaired) electrons. The lowest BCUT2D eigenvalue weighted by Gasteiger charge is -2.11. The highest BCUT2D eigenvalue weighted by Crippen LogP contribution is 2.09. The molecule has 0 bridgehead atoms. The maximum Gasteiger partial charge on any atom is 0.330 e. The molecular weight excluding hydrogens is 154 g/mol. The van der Waals surface area contributed by atoms with Crippen molar-refractivity contribution in [2.75, 3.05) is 7.11 Å². The lowest BCUT2D eigenvalue weighted by molar-refractivity contribution is -0.141. The number of methoxy groups -OCH3 is 1. The van der Waals surface area contributed by atoms with Crippen LogP contribution in [0.15, 0.2) is 4.99 Å². The van der Waals surface area contributed by atoms with Crippen molar-refractivity contribution in [1.29, 1.82) is 0 Å². The van der Waals surface area contributed by atoms with Crippen molar-refractivity contribution < 1.29 is 9.53 Å². The van der Waals surface area contributed by atoms with Crippen LogP contribution in [0.4, 0.5) is 0 Å². The first-order valence-electron chi connectivity index (χ1n) is 3.99. The number of hydrogen-bond acceptors (Lipinski definition) is 3. The van der Waals surface area contributed by atoms with E-state index >= 15 is 0 Å². The Kier molecular flexibility index (Phi) is 3.93. The van der Waals surface area contributed by atoms with Crippen molar-refractivity contribution in [1.82, 2.24) is 0 Å². The number of esters is 1. The Balaban J connectivity index is 4.09. The lowest BCUT2D eigenvalue weighted by Crippen LogP contribution is -2.18. The average Bonchev–Trinajstić information content (AvgIpc) is 1.97. The van der Waals surface area contributed by atoms with Gasteiger partial charge in [0.15, 0.2) is 0 Å². The molecule has 1 atom stereocenters. The Morgan fingerprint density at radius 2 is 2.00 bits per heavy atom. The summed E-state index contributed by atoms with van der Waals surface area (Å²) in [6.07, 6.45) is 1.77. The number of rotatable bonds is 2. The van der Waals surface area contributed by atoms with Crippen LogP contribution in [0.3, 0.4) is 0 Å². The average molecular weight is 171 g/mol. The Morgan fingerprint density at radius 3 is 2.33 bits per heavy atom. The smallest absolute Gasteiger partial charge is 0.330 e. The molecule has 12 heavy (non-hydrogen) atoms. The number of carbonyl (C=O) groups excluding carboxylic acids is 1. The van der Waals surface area contributed by atoms with Crippen molar-refractivity contribution in [3.05, 3.63) is 0 Å². The van der Waals surface area contributed by atoms with Crippen LogP contribution in [0, 0.1) is 5.41 Å². The summed E-state index contributed by atoms with van der Waals surface area (Å²) in [6.45, 7) is 7.80. The second-order valence-corrected chi connectivity index (χ2v) is 3.84. The van der Waals surface area contributed by atoms with Gasteiger partial charge >= 0.3 is 5.97 Å². The van der Waals surface area contributed by atoms with Crippen LogP contribution in [0.25, 0.3) is 0 Å². The molecule has 0 aliphatic carbocycles. The molecule has 70 valence electrons. The fourth-order valence-electron chi connectivity index (χ4n) is 0.567. The SMILES string of the molecule is COC(=O)C(C)N=CC(C)(C)C. The zero-order chi connectivity index (χ0) is 9.78. The van der Waals surface area contributed by atoms with Gasteiger partial charge in [-0.3, -0.25) is 4.99 Å². The number of aliphatic imine (C=N–C) groups is 1. The quantitative estimate of drug-likeness (QED) is 0.468. The van der Waals surface area contributed by atoms with E-state index in [0.717, 1.165) is 0 Å². The van der Waals surface area contributed by atoms with Gasteiger partial charge in [0.25, 0.3) is 0 Å². The lowest BCUT2D eigenvalue weighted by atomic mass is 9.99. The van der Waals surface area contributed by atoms with E-state index in [1.165, 1.54) is 7.11 Å². The summed E-state index contributed by atoms with van der Waals surface area (Å²) in [7, 11) is 1.37. The molecule has 0 aromatic carbocycles. The van der Waals surface area contributed by atoms with E-state index in [1.807, 2.05) is 20.8 Å². The van der Waals surface area contributed by atoms with Crippen LogP contribution < -0.4 is 0 Å². The van der Waals surface area contributed by atoms with Crippen molar-refractivity contribution in [2.24, 2.45) is 10.4 Å². The van der Waals surface area contributed by atoms with Gasteiger partial charge in [-0.2, -0.15) is 0 Å². The van der Waals surface area contributed by atoms with Crippen LogP contribution in [-0.2, 0) is 9.53 Å². The summed E-state index contributed by atoms with van der Waals surface area (Å²) >= 11 is 0. The summed E-state index contributed by atoms with van der Waals surface area (Å²) in [5.41, 5.74) is 0.0162. The van der Waals surface area contributed by atoms with Crippen molar-refractivity contribution in [3.8, 4) is 0 Å². The predicted octanol–water partition coefficient (Wildman–Crippen LogP) is 1.66. The van der Waals surface area contributed by atoms with Gasteiger partial charge in [0, 0.05) is 6.21 Å². The molecule has 0 aromatic rings. The topological polar surface area (TPSA) is 38.7 Å². The van der Waals surface area contributed by atoms with E-state index in [2.05, 4.69) is 9.73 Å². The number of ether oxygens (including phenoxy) is 1. The number of nitrogens with zero attached hydrogens (tertiary/aromatic N) is 1. The molecule has 0 aliphatic rings.